The van der Waals surface area contributed by atoms with Crippen LogP contribution in [0.3, 0.4) is 0 Å². The molecule has 9 heteroatoms. The molecule has 1 unspecified atom stereocenters. The molecule has 1 fully saturated rings. The summed E-state index contributed by atoms with van der Waals surface area (Å²) in [6.45, 7) is 1.62. The van der Waals surface area contributed by atoms with Gasteiger partial charge < -0.3 is 9.84 Å². The second-order valence-corrected chi connectivity index (χ2v) is 7.20. The number of rotatable bonds is 4. The van der Waals surface area contributed by atoms with Crippen molar-refractivity contribution in [2.24, 2.45) is 0 Å². The van der Waals surface area contributed by atoms with Crippen molar-refractivity contribution in [2.75, 3.05) is 0 Å². The van der Waals surface area contributed by atoms with Gasteiger partial charge in [0.25, 0.3) is 11.8 Å². The van der Waals surface area contributed by atoms with Gasteiger partial charge in [0.2, 0.25) is 0 Å². The highest BCUT2D eigenvalue weighted by Gasteiger charge is 2.49. The number of halogens is 1. The molecule has 3 aromatic rings. The van der Waals surface area contributed by atoms with E-state index in [0.717, 1.165) is 10.5 Å². The lowest BCUT2D eigenvalue weighted by molar-refractivity contribution is -0.131. The zero-order chi connectivity index (χ0) is 18.3. The van der Waals surface area contributed by atoms with Gasteiger partial charge in [-0.05, 0) is 53.6 Å². The first kappa shape index (κ1) is 16.7. The Morgan fingerprint density at radius 1 is 1.27 bits per heavy atom. The summed E-state index contributed by atoms with van der Waals surface area (Å²) >= 11 is 7.33. The molecule has 2 aromatic heterocycles. The van der Waals surface area contributed by atoms with Crippen LogP contribution in [-0.4, -0.2) is 27.0 Å². The Labute approximate surface area is 157 Å². The predicted molar refractivity (Wildman–Crippen MR) is 95.5 cm³/mol. The maximum atomic E-state index is 12.8. The molecular weight excluding hydrogens is 376 g/mol. The number of hydrogen-bond donors (Lipinski definition) is 1. The van der Waals surface area contributed by atoms with Gasteiger partial charge in [0.1, 0.15) is 5.54 Å². The summed E-state index contributed by atoms with van der Waals surface area (Å²) in [6, 6.07) is 8.26. The fraction of sp³-hybridized carbons (Fsp3) is 0.176. The van der Waals surface area contributed by atoms with Gasteiger partial charge in [-0.15, -0.1) is 0 Å². The third kappa shape index (κ3) is 2.77. The van der Waals surface area contributed by atoms with E-state index in [1.807, 2.05) is 16.8 Å². The highest BCUT2D eigenvalue weighted by molar-refractivity contribution is 7.08. The van der Waals surface area contributed by atoms with Crippen LogP contribution in [0.5, 0.6) is 0 Å². The summed E-state index contributed by atoms with van der Waals surface area (Å²) in [5, 5.41) is 10.9. The molecule has 4 rings (SSSR count). The fourth-order valence-corrected chi connectivity index (χ4v) is 3.65. The molecule has 0 bridgehead atoms. The van der Waals surface area contributed by atoms with Crippen molar-refractivity contribution < 1.29 is 14.1 Å². The molecule has 26 heavy (non-hydrogen) atoms. The highest BCUT2D eigenvalue weighted by Crippen LogP contribution is 2.31. The third-order valence-corrected chi connectivity index (χ3v) is 5.17. The van der Waals surface area contributed by atoms with E-state index >= 15 is 0 Å². The maximum Gasteiger partial charge on any atom is 0.325 e. The molecular formula is C17H13ClN4O3S. The summed E-state index contributed by atoms with van der Waals surface area (Å²) in [5.41, 5.74) is 0.367. The van der Waals surface area contributed by atoms with Crippen molar-refractivity contribution in [1.29, 1.82) is 0 Å². The van der Waals surface area contributed by atoms with Gasteiger partial charge in [0, 0.05) is 10.6 Å². The standard InChI is InChI=1S/C17H13ClN4O3S/c1-17(11-6-7-26-9-11)15(23)22(16(24)20-17)8-13-19-14(25-21-13)10-2-4-12(18)5-3-10/h2-7,9H,8H2,1H3,(H,20,24). The van der Waals surface area contributed by atoms with Gasteiger partial charge in [-0.25, -0.2) is 4.79 Å². The first-order valence-corrected chi connectivity index (χ1v) is 9.05. The van der Waals surface area contributed by atoms with Gasteiger partial charge in [-0.2, -0.15) is 16.3 Å². The van der Waals surface area contributed by atoms with Crippen LogP contribution in [0.25, 0.3) is 11.5 Å². The van der Waals surface area contributed by atoms with Gasteiger partial charge in [0.15, 0.2) is 5.82 Å². The first-order valence-electron chi connectivity index (χ1n) is 7.73. The average Bonchev–Trinajstić information content (AvgIpc) is 3.34. The Balaban J connectivity index is 1.55. The number of carbonyl (C=O) groups excluding carboxylic acids is 2. The summed E-state index contributed by atoms with van der Waals surface area (Å²) in [4.78, 5) is 30.5. The monoisotopic (exact) mass is 388 g/mol. The SMILES string of the molecule is CC1(c2ccsc2)NC(=O)N(Cc2noc(-c3ccc(Cl)cc3)n2)C1=O. The molecule has 0 spiro atoms. The second kappa shape index (κ2) is 6.22. The lowest BCUT2D eigenvalue weighted by Gasteiger charge is -2.20. The van der Waals surface area contributed by atoms with E-state index in [0.29, 0.717) is 16.5 Å². The van der Waals surface area contributed by atoms with Crippen LogP contribution in [0.4, 0.5) is 4.79 Å². The van der Waals surface area contributed by atoms with Gasteiger partial charge >= 0.3 is 6.03 Å². The van der Waals surface area contributed by atoms with E-state index in [-0.39, 0.29) is 18.3 Å². The number of amides is 3. The van der Waals surface area contributed by atoms with Gasteiger partial charge in [0.05, 0.1) is 6.54 Å². The molecule has 1 aromatic carbocycles. The Morgan fingerprint density at radius 3 is 2.73 bits per heavy atom. The Kier molecular flexibility index (Phi) is 4.01. The molecule has 7 nitrogen and oxygen atoms in total. The minimum atomic E-state index is -1.08. The quantitative estimate of drug-likeness (QED) is 0.692. The van der Waals surface area contributed by atoms with Crippen molar-refractivity contribution in [3.63, 3.8) is 0 Å². The Bertz CT molecular complexity index is 970. The third-order valence-electron chi connectivity index (χ3n) is 4.23. The van der Waals surface area contributed by atoms with Crippen molar-refractivity contribution in [2.45, 2.75) is 19.0 Å². The molecule has 1 aliphatic rings. The topological polar surface area (TPSA) is 88.3 Å². The molecule has 132 valence electrons. The molecule has 0 radical (unpaired) electrons. The van der Waals surface area contributed by atoms with Crippen molar-refractivity contribution >= 4 is 34.9 Å². The van der Waals surface area contributed by atoms with E-state index < -0.39 is 11.6 Å². The van der Waals surface area contributed by atoms with Crippen LogP contribution in [0.15, 0.2) is 45.6 Å². The molecule has 1 N–H and O–H groups in total. The number of carbonyl (C=O) groups is 2. The zero-order valence-electron chi connectivity index (χ0n) is 13.6. The number of urea groups is 1. The van der Waals surface area contributed by atoms with Gasteiger partial charge in [-0.1, -0.05) is 16.8 Å². The molecule has 1 saturated heterocycles. The number of nitrogens with zero attached hydrogens (tertiary/aromatic N) is 3. The molecule has 0 aliphatic carbocycles. The molecule has 1 atom stereocenters. The van der Waals surface area contributed by atoms with Crippen LogP contribution >= 0.6 is 22.9 Å². The van der Waals surface area contributed by atoms with Crippen molar-refractivity contribution in [1.82, 2.24) is 20.4 Å². The zero-order valence-corrected chi connectivity index (χ0v) is 15.2. The van der Waals surface area contributed by atoms with Gasteiger partial charge in [-0.3, -0.25) is 9.69 Å². The maximum absolute atomic E-state index is 12.8. The first-order chi connectivity index (χ1) is 12.5. The van der Waals surface area contributed by atoms with E-state index in [2.05, 4.69) is 15.5 Å². The lowest BCUT2D eigenvalue weighted by atomic mass is 9.95. The van der Waals surface area contributed by atoms with Crippen LogP contribution in [0.1, 0.15) is 18.3 Å². The van der Waals surface area contributed by atoms with Crippen molar-refractivity contribution in [3.05, 3.63) is 57.5 Å². The van der Waals surface area contributed by atoms with Crippen LogP contribution in [0.2, 0.25) is 5.02 Å². The average molecular weight is 389 g/mol. The second-order valence-electron chi connectivity index (χ2n) is 5.98. The lowest BCUT2D eigenvalue weighted by Crippen LogP contribution is -2.40. The number of hydrogen-bond acceptors (Lipinski definition) is 6. The predicted octanol–water partition coefficient (Wildman–Crippen LogP) is 3.42. The minimum Gasteiger partial charge on any atom is -0.334 e. The highest BCUT2D eigenvalue weighted by atomic mass is 35.5. The minimum absolute atomic E-state index is 0.0680. The summed E-state index contributed by atoms with van der Waals surface area (Å²) < 4.78 is 5.22. The molecule has 0 saturated carbocycles. The number of nitrogens with one attached hydrogen (secondary N) is 1. The van der Waals surface area contributed by atoms with E-state index in [4.69, 9.17) is 16.1 Å². The van der Waals surface area contributed by atoms with Crippen LogP contribution < -0.4 is 5.32 Å². The fourth-order valence-electron chi connectivity index (χ4n) is 2.75. The molecule has 3 heterocycles. The van der Waals surface area contributed by atoms with E-state index in [1.165, 1.54) is 11.3 Å². The Morgan fingerprint density at radius 2 is 2.04 bits per heavy atom. The summed E-state index contributed by atoms with van der Waals surface area (Å²) in [6.07, 6.45) is 0. The molecule has 1 aliphatic heterocycles. The number of imide groups is 1. The van der Waals surface area contributed by atoms with Crippen molar-refractivity contribution in [3.8, 4) is 11.5 Å². The van der Waals surface area contributed by atoms with E-state index in [1.54, 1.807) is 31.2 Å². The number of aromatic nitrogens is 2. The van der Waals surface area contributed by atoms with E-state index in [9.17, 15) is 9.59 Å². The smallest absolute Gasteiger partial charge is 0.325 e. The summed E-state index contributed by atoms with van der Waals surface area (Å²) in [7, 11) is 0. The van der Waals surface area contributed by atoms with Crippen LogP contribution in [-0.2, 0) is 16.9 Å². The Hall–Kier alpha value is -2.71. The summed E-state index contributed by atoms with van der Waals surface area (Å²) in [5.74, 6) is 0.191. The van der Waals surface area contributed by atoms with Crippen LogP contribution in [0, 0.1) is 0 Å². The molecule has 3 amide bonds. The largest absolute Gasteiger partial charge is 0.334 e. The normalized spacial score (nSPS) is 19.8. The number of benzene rings is 1. The number of thiophene rings is 1.